The molecule has 1 atom stereocenters. The lowest BCUT2D eigenvalue weighted by Crippen LogP contribution is -2.39. The lowest BCUT2D eigenvalue weighted by molar-refractivity contribution is -0.156. The Labute approximate surface area is 130 Å². The van der Waals surface area contributed by atoms with E-state index in [0.29, 0.717) is 32.5 Å². The van der Waals surface area contributed by atoms with E-state index >= 15 is 0 Å². The molecule has 0 saturated heterocycles. The summed E-state index contributed by atoms with van der Waals surface area (Å²) in [4.78, 5) is 35.5. The smallest absolute Gasteiger partial charge is 0.323 e. The van der Waals surface area contributed by atoms with Crippen molar-refractivity contribution in [2.75, 3.05) is 19.6 Å². The molecule has 0 radical (unpaired) electrons. The van der Waals surface area contributed by atoms with Gasteiger partial charge in [-0.05, 0) is 46.7 Å². The largest absolute Gasteiger partial charge is 0.459 e. The van der Waals surface area contributed by atoms with Crippen LogP contribution in [0.3, 0.4) is 0 Å². The van der Waals surface area contributed by atoms with Crippen molar-refractivity contribution in [1.29, 1.82) is 0 Å². The Hall–Kier alpha value is -1.73. The summed E-state index contributed by atoms with van der Waals surface area (Å²) in [6, 6.07) is -0.655. The molecule has 7 nitrogen and oxygen atoms in total. The van der Waals surface area contributed by atoms with Crippen LogP contribution in [0.2, 0.25) is 0 Å². The molecule has 22 heavy (non-hydrogen) atoms. The molecular weight excluding hydrogens is 286 g/mol. The summed E-state index contributed by atoms with van der Waals surface area (Å²) in [5.41, 5.74) is 5.22. The van der Waals surface area contributed by atoms with Crippen molar-refractivity contribution in [3.63, 3.8) is 0 Å². The molecule has 0 bridgehead atoms. The van der Waals surface area contributed by atoms with Crippen LogP contribution in [0.5, 0.6) is 0 Å². The Morgan fingerprint density at radius 2 is 1.86 bits per heavy atom. The summed E-state index contributed by atoms with van der Waals surface area (Å²) >= 11 is 0. The monoisotopic (exact) mass is 311 g/mol. The maximum atomic E-state index is 11.7. The zero-order chi connectivity index (χ0) is 16.8. The number of ether oxygens (including phenoxy) is 1. The number of imide groups is 1. The maximum absolute atomic E-state index is 11.7. The highest BCUT2D eigenvalue weighted by Gasteiger charge is 2.23. The molecule has 0 spiro atoms. The average molecular weight is 311 g/mol. The number of nitrogens with zero attached hydrogens (tertiary/aromatic N) is 1. The molecule has 0 fully saturated rings. The fourth-order valence-corrected chi connectivity index (χ4v) is 1.89. The Kier molecular flexibility index (Phi) is 6.70. The van der Waals surface area contributed by atoms with Gasteiger partial charge in [0, 0.05) is 18.7 Å². The molecule has 124 valence electrons. The van der Waals surface area contributed by atoms with Gasteiger partial charge < -0.3 is 15.8 Å². The minimum atomic E-state index is -0.655. The predicted molar refractivity (Wildman–Crippen MR) is 81.8 cm³/mol. The Morgan fingerprint density at radius 3 is 2.41 bits per heavy atom. The molecule has 0 saturated carbocycles. The van der Waals surface area contributed by atoms with Crippen LogP contribution in [-0.2, 0) is 19.1 Å². The number of hydrogen-bond acceptors (Lipinski definition) is 6. The van der Waals surface area contributed by atoms with Gasteiger partial charge in [-0.25, -0.2) is 0 Å². The van der Waals surface area contributed by atoms with E-state index in [1.54, 1.807) is 20.8 Å². The fraction of sp³-hybridized carbons (Fsp3) is 0.667. The second kappa shape index (κ2) is 8.05. The Bertz CT molecular complexity index is 436. The van der Waals surface area contributed by atoms with Gasteiger partial charge in [0.1, 0.15) is 11.6 Å². The minimum Gasteiger partial charge on any atom is -0.459 e. The quantitative estimate of drug-likeness (QED) is 0.370. The number of carbonyl (C=O) groups is 3. The number of carbonyl (C=O) groups excluding carboxylic acids is 3. The van der Waals surface area contributed by atoms with Crippen LogP contribution in [0.15, 0.2) is 12.2 Å². The summed E-state index contributed by atoms with van der Waals surface area (Å²) in [6.07, 6.45) is 3.67. The molecule has 0 aromatic carbocycles. The molecule has 1 aliphatic heterocycles. The molecule has 1 unspecified atom stereocenters. The van der Waals surface area contributed by atoms with E-state index in [1.807, 2.05) is 0 Å². The third-order valence-corrected chi connectivity index (χ3v) is 2.98. The average Bonchev–Trinajstić information content (AvgIpc) is 2.71. The van der Waals surface area contributed by atoms with Gasteiger partial charge in [0.2, 0.25) is 0 Å². The summed E-state index contributed by atoms with van der Waals surface area (Å²) in [7, 11) is 0. The highest BCUT2D eigenvalue weighted by atomic mass is 16.6. The summed E-state index contributed by atoms with van der Waals surface area (Å²) in [5.74, 6) is -0.942. The molecule has 1 heterocycles. The summed E-state index contributed by atoms with van der Waals surface area (Å²) in [5, 5.41) is 3.13. The first kappa shape index (κ1) is 18.3. The number of amides is 2. The second-order valence-electron chi connectivity index (χ2n) is 6.19. The predicted octanol–water partition coefficient (Wildman–Crippen LogP) is -0.0498. The van der Waals surface area contributed by atoms with Gasteiger partial charge >= 0.3 is 5.97 Å². The van der Waals surface area contributed by atoms with E-state index in [1.165, 1.54) is 17.1 Å². The van der Waals surface area contributed by atoms with E-state index in [2.05, 4.69) is 5.32 Å². The van der Waals surface area contributed by atoms with Crippen LogP contribution in [0.4, 0.5) is 0 Å². The van der Waals surface area contributed by atoms with E-state index in [9.17, 15) is 14.4 Å². The van der Waals surface area contributed by atoms with E-state index in [-0.39, 0.29) is 11.8 Å². The summed E-state index contributed by atoms with van der Waals surface area (Å²) < 4.78 is 5.19. The van der Waals surface area contributed by atoms with Gasteiger partial charge in [0.05, 0.1) is 0 Å². The van der Waals surface area contributed by atoms with Crippen molar-refractivity contribution in [1.82, 2.24) is 10.2 Å². The fourth-order valence-electron chi connectivity index (χ4n) is 1.89. The normalized spacial score (nSPS) is 16.3. The Morgan fingerprint density at radius 1 is 1.27 bits per heavy atom. The van der Waals surface area contributed by atoms with Gasteiger partial charge in [-0.2, -0.15) is 0 Å². The van der Waals surface area contributed by atoms with Crippen LogP contribution >= 0.6 is 0 Å². The maximum Gasteiger partial charge on any atom is 0.323 e. The molecule has 1 rings (SSSR count). The van der Waals surface area contributed by atoms with Gasteiger partial charge in [0.25, 0.3) is 11.8 Å². The van der Waals surface area contributed by atoms with Crippen molar-refractivity contribution in [2.24, 2.45) is 5.73 Å². The highest BCUT2D eigenvalue weighted by Crippen LogP contribution is 2.08. The van der Waals surface area contributed by atoms with Crippen molar-refractivity contribution in [2.45, 2.75) is 45.3 Å². The molecule has 1 aliphatic rings. The van der Waals surface area contributed by atoms with Crippen molar-refractivity contribution in [3.05, 3.63) is 12.2 Å². The molecule has 2 amide bonds. The van der Waals surface area contributed by atoms with E-state index in [0.717, 1.165) is 0 Å². The number of nitrogens with two attached hydrogens (primary N) is 1. The molecule has 0 aromatic heterocycles. The van der Waals surface area contributed by atoms with E-state index in [4.69, 9.17) is 10.5 Å². The third kappa shape index (κ3) is 6.36. The first-order valence-corrected chi connectivity index (χ1v) is 7.43. The lowest BCUT2D eigenvalue weighted by atomic mass is 10.1. The van der Waals surface area contributed by atoms with Gasteiger partial charge in [-0.1, -0.05) is 0 Å². The first-order valence-electron chi connectivity index (χ1n) is 7.43. The first-order chi connectivity index (χ1) is 10.2. The zero-order valence-electron chi connectivity index (χ0n) is 13.4. The number of nitrogens with one attached hydrogen (secondary N) is 1. The molecule has 0 aromatic rings. The molecule has 7 heteroatoms. The summed E-state index contributed by atoms with van der Waals surface area (Å²) in [6.45, 7) is 6.98. The standard InChI is InChI=1S/C15H25N3O4/c1-15(2,3)22-14(21)11(16)7-9-17-8-4-10-18-12(19)5-6-13(18)20/h5-6,11,17H,4,7-10,16H2,1-3H3. The topological polar surface area (TPSA) is 102 Å². The number of hydrogen-bond donors (Lipinski definition) is 2. The zero-order valence-corrected chi connectivity index (χ0v) is 13.4. The van der Waals surface area contributed by atoms with Crippen LogP contribution in [0.25, 0.3) is 0 Å². The van der Waals surface area contributed by atoms with Crippen LogP contribution < -0.4 is 11.1 Å². The van der Waals surface area contributed by atoms with Gasteiger partial charge in [-0.3, -0.25) is 19.3 Å². The Balaban J connectivity index is 2.09. The number of esters is 1. The van der Waals surface area contributed by atoms with Crippen LogP contribution in [0, 0.1) is 0 Å². The highest BCUT2D eigenvalue weighted by molar-refractivity contribution is 6.12. The number of rotatable bonds is 8. The van der Waals surface area contributed by atoms with E-state index < -0.39 is 17.6 Å². The third-order valence-electron chi connectivity index (χ3n) is 2.98. The van der Waals surface area contributed by atoms with Crippen molar-refractivity contribution in [3.8, 4) is 0 Å². The molecule has 0 aliphatic carbocycles. The lowest BCUT2D eigenvalue weighted by Gasteiger charge is -2.22. The molecular formula is C15H25N3O4. The van der Waals surface area contributed by atoms with Crippen molar-refractivity contribution < 1.29 is 19.1 Å². The van der Waals surface area contributed by atoms with Gasteiger partial charge in [0.15, 0.2) is 0 Å². The van der Waals surface area contributed by atoms with Crippen molar-refractivity contribution >= 4 is 17.8 Å². The SMILES string of the molecule is CC(C)(C)OC(=O)C(N)CCNCCCN1C(=O)C=CC1=O. The molecule has 3 N–H and O–H groups in total. The minimum absolute atomic E-state index is 0.267. The van der Waals surface area contributed by atoms with Crippen LogP contribution in [0.1, 0.15) is 33.6 Å². The van der Waals surface area contributed by atoms with Crippen LogP contribution in [-0.4, -0.2) is 54.0 Å². The second-order valence-corrected chi connectivity index (χ2v) is 6.19. The van der Waals surface area contributed by atoms with Gasteiger partial charge in [-0.15, -0.1) is 0 Å².